The fourth-order valence-corrected chi connectivity index (χ4v) is 1.99. The topological polar surface area (TPSA) is 110 Å². The van der Waals surface area contributed by atoms with Crippen LogP contribution in [0.1, 0.15) is 16.2 Å². The van der Waals surface area contributed by atoms with Crippen molar-refractivity contribution in [3.63, 3.8) is 0 Å². The maximum absolute atomic E-state index is 11.8. The molecule has 0 spiro atoms. The minimum atomic E-state index is -0.347. The van der Waals surface area contributed by atoms with Crippen LogP contribution in [-0.2, 0) is 6.54 Å². The van der Waals surface area contributed by atoms with E-state index in [-0.39, 0.29) is 17.7 Å². The van der Waals surface area contributed by atoms with Gasteiger partial charge in [0, 0.05) is 18.9 Å². The van der Waals surface area contributed by atoms with Crippen molar-refractivity contribution in [2.75, 3.05) is 5.73 Å². The van der Waals surface area contributed by atoms with Crippen molar-refractivity contribution in [2.24, 2.45) is 0 Å². The number of nitrogen functional groups attached to an aromatic ring is 1. The molecule has 22 heavy (non-hydrogen) atoms. The van der Waals surface area contributed by atoms with E-state index in [4.69, 9.17) is 5.73 Å². The van der Waals surface area contributed by atoms with E-state index in [0.29, 0.717) is 6.54 Å². The van der Waals surface area contributed by atoms with Crippen LogP contribution in [0.2, 0.25) is 0 Å². The first-order valence-electron chi connectivity index (χ1n) is 6.68. The molecule has 0 radical (unpaired) electrons. The predicted octanol–water partition coefficient (Wildman–Crippen LogP) is 1.38. The summed E-state index contributed by atoms with van der Waals surface area (Å²) in [5, 5.41) is 8.83. The third kappa shape index (κ3) is 3.09. The lowest BCUT2D eigenvalue weighted by atomic mass is 10.1. The van der Waals surface area contributed by atoms with Crippen LogP contribution in [0, 0.1) is 0 Å². The molecule has 0 saturated heterocycles. The van der Waals surface area contributed by atoms with Crippen molar-refractivity contribution in [3.8, 4) is 11.1 Å². The molecule has 0 bridgehead atoms. The molecular weight excluding hydrogens is 280 g/mol. The van der Waals surface area contributed by atoms with Crippen LogP contribution in [0.5, 0.6) is 0 Å². The van der Waals surface area contributed by atoms with Crippen LogP contribution in [0.4, 0.5) is 5.95 Å². The summed E-state index contributed by atoms with van der Waals surface area (Å²) in [4.78, 5) is 19.7. The van der Waals surface area contributed by atoms with E-state index in [1.54, 1.807) is 6.20 Å². The summed E-state index contributed by atoms with van der Waals surface area (Å²) in [6.07, 6.45) is 3.55. The summed E-state index contributed by atoms with van der Waals surface area (Å²) in [5.41, 5.74) is 8.46. The van der Waals surface area contributed by atoms with Crippen LogP contribution >= 0.6 is 0 Å². The zero-order valence-corrected chi connectivity index (χ0v) is 11.7. The Bertz CT molecular complexity index is 766. The highest BCUT2D eigenvalue weighted by Gasteiger charge is 2.09. The molecule has 0 aliphatic heterocycles. The highest BCUT2D eigenvalue weighted by molar-refractivity contribution is 5.90. The number of benzene rings is 1. The van der Waals surface area contributed by atoms with E-state index in [2.05, 4.69) is 25.5 Å². The van der Waals surface area contributed by atoms with E-state index in [1.165, 1.54) is 0 Å². The third-order valence-electron chi connectivity index (χ3n) is 3.12. The van der Waals surface area contributed by atoms with Gasteiger partial charge in [-0.15, -0.1) is 5.10 Å². The molecule has 2 aromatic heterocycles. The first kappa shape index (κ1) is 13.7. The summed E-state index contributed by atoms with van der Waals surface area (Å²) in [7, 11) is 0. The average molecular weight is 294 g/mol. The summed E-state index contributed by atoms with van der Waals surface area (Å²) in [6.45, 7) is 0.396. The van der Waals surface area contributed by atoms with Crippen molar-refractivity contribution >= 4 is 11.9 Å². The number of nitrogens with zero attached hydrogens (tertiary/aromatic N) is 3. The maximum atomic E-state index is 11.8. The first-order chi connectivity index (χ1) is 10.7. The van der Waals surface area contributed by atoms with Gasteiger partial charge in [0.25, 0.3) is 5.91 Å². The molecule has 4 N–H and O–H groups in total. The Hall–Kier alpha value is -3.22. The molecule has 7 heteroatoms. The van der Waals surface area contributed by atoms with Gasteiger partial charge in [0.05, 0.1) is 0 Å². The Morgan fingerprint density at radius 2 is 2.00 bits per heavy atom. The fraction of sp³-hybridized carbons (Fsp3) is 0.0667. The van der Waals surface area contributed by atoms with Gasteiger partial charge in [-0.25, -0.2) is 0 Å². The Balaban J connectivity index is 1.63. The Labute approximate surface area is 126 Å². The molecule has 7 nitrogen and oxygen atoms in total. The van der Waals surface area contributed by atoms with Crippen LogP contribution in [-0.4, -0.2) is 26.1 Å². The smallest absolute Gasteiger partial charge is 0.288 e. The number of aromatic amines is 1. The number of amides is 1. The lowest BCUT2D eigenvalue weighted by molar-refractivity contribution is 0.0941. The number of nitrogens with one attached hydrogen (secondary N) is 2. The van der Waals surface area contributed by atoms with Gasteiger partial charge < -0.3 is 11.1 Å². The number of carbonyl (C=O) groups is 1. The van der Waals surface area contributed by atoms with Crippen molar-refractivity contribution in [3.05, 3.63) is 60.2 Å². The molecule has 1 aromatic carbocycles. The Kier molecular flexibility index (Phi) is 3.78. The highest BCUT2D eigenvalue weighted by Crippen LogP contribution is 2.18. The van der Waals surface area contributed by atoms with Gasteiger partial charge in [0.1, 0.15) is 0 Å². The second-order valence-electron chi connectivity index (χ2n) is 4.66. The molecule has 110 valence electrons. The van der Waals surface area contributed by atoms with E-state index < -0.39 is 0 Å². The molecule has 0 fully saturated rings. The van der Waals surface area contributed by atoms with E-state index in [1.807, 2.05) is 42.6 Å². The molecule has 3 rings (SSSR count). The lowest BCUT2D eigenvalue weighted by Crippen LogP contribution is -2.24. The van der Waals surface area contributed by atoms with Crippen molar-refractivity contribution < 1.29 is 4.79 Å². The number of carbonyl (C=O) groups excluding carboxylic acids is 1. The zero-order valence-electron chi connectivity index (χ0n) is 11.7. The van der Waals surface area contributed by atoms with Crippen LogP contribution < -0.4 is 11.1 Å². The summed E-state index contributed by atoms with van der Waals surface area (Å²) in [5.74, 6) is -0.198. The van der Waals surface area contributed by atoms with Gasteiger partial charge in [-0.1, -0.05) is 30.3 Å². The molecule has 0 atom stereocenters. The van der Waals surface area contributed by atoms with Crippen LogP contribution in [0.3, 0.4) is 0 Å². The normalized spacial score (nSPS) is 10.4. The molecule has 3 aromatic rings. The standard InChI is InChI=1S/C15H14N6O/c16-15-19-13(20-21-15)14(22)18-8-10-3-5-11(6-4-10)12-2-1-7-17-9-12/h1-7,9H,8H2,(H,18,22)(H3,16,19,20,21). The summed E-state index contributed by atoms with van der Waals surface area (Å²) < 4.78 is 0. The minimum Gasteiger partial charge on any atom is -0.366 e. The quantitative estimate of drug-likeness (QED) is 0.673. The van der Waals surface area contributed by atoms with Gasteiger partial charge in [0.15, 0.2) is 0 Å². The number of pyridine rings is 1. The predicted molar refractivity (Wildman–Crippen MR) is 81.6 cm³/mol. The highest BCUT2D eigenvalue weighted by atomic mass is 16.2. The van der Waals surface area contributed by atoms with Crippen LogP contribution in [0.25, 0.3) is 11.1 Å². The minimum absolute atomic E-state index is 0.0472. The van der Waals surface area contributed by atoms with Gasteiger partial charge in [-0.3, -0.25) is 14.9 Å². The number of H-pyrrole nitrogens is 1. The third-order valence-corrected chi connectivity index (χ3v) is 3.12. The molecule has 0 saturated carbocycles. The number of hydrogen-bond donors (Lipinski definition) is 3. The van der Waals surface area contributed by atoms with Gasteiger partial charge in [-0.05, 0) is 22.8 Å². The molecule has 1 amide bonds. The largest absolute Gasteiger partial charge is 0.366 e. The van der Waals surface area contributed by atoms with Crippen LogP contribution in [0.15, 0.2) is 48.8 Å². The maximum Gasteiger partial charge on any atom is 0.288 e. The Morgan fingerprint density at radius 1 is 1.18 bits per heavy atom. The zero-order chi connectivity index (χ0) is 15.4. The van der Waals surface area contributed by atoms with Crippen molar-refractivity contribution in [2.45, 2.75) is 6.54 Å². The lowest BCUT2D eigenvalue weighted by Gasteiger charge is -2.05. The Morgan fingerprint density at radius 3 is 2.64 bits per heavy atom. The molecule has 0 aliphatic carbocycles. The number of anilines is 1. The van der Waals surface area contributed by atoms with E-state index in [9.17, 15) is 4.79 Å². The number of hydrogen-bond acceptors (Lipinski definition) is 5. The summed E-state index contributed by atoms with van der Waals surface area (Å²) in [6, 6.07) is 11.8. The number of nitrogens with two attached hydrogens (primary N) is 1. The number of rotatable bonds is 4. The molecular formula is C15H14N6O. The van der Waals surface area contributed by atoms with Gasteiger partial charge in [0.2, 0.25) is 11.8 Å². The SMILES string of the molecule is Nc1n[nH]c(C(=O)NCc2ccc(-c3cccnc3)cc2)n1. The summed E-state index contributed by atoms with van der Waals surface area (Å²) >= 11 is 0. The second-order valence-corrected chi connectivity index (χ2v) is 4.66. The van der Waals surface area contributed by atoms with Gasteiger partial charge in [-0.2, -0.15) is 4.98 Å². The second kappa shape index (κ2) is 6.04. The van der Waals surface area contributed by atoms with Gasteiger partial charge >= 0.3 is 0 Å². The fourth-order valence-electron chi connectivity index (χ4n) is 1.99. The average Bonchev–Trinajstić information content (AvgIpc) is 3.00. The monoisotopic (exact) mass is 294 g/mol. The van der Waals surface area contributed by atoms with Crippen molar-refractivity contribution in [1.29, 1.82) is 0 Å². The number of aromatic nitrogens is 4. The van der Waals surface area contributed by atoms with Crippen molar-refractivity contribution in [1.82, 2.24) is 25.5 Å². The van der Waals surface area contributed by atoms with E-state index in [0.717, 1.165) is 16.7 Å². The molecule has 0 unspecified atom stereocenters. The van der Waals surface area contributed by atoms with E-state index >= 15 is 0 Å². The molecule has 2 heterocycles. The first-order valence-corrected chi connectivity index (χ1v) is 6.68. The molecule has 0 aliphatic rings.